The van der Waals surface area contributed by atoms with Crippen LogP contribution in [-0.2, 0) is 11.3 Å². The van der Waals surface area contributed by atoms with E-state index in [4.69, 9.17) is 4.74 Å². The van der Waals surface area contributed by atoms with Crippen molar-refractivity contribution in [2.75, 3.05) is 26.7 Å². The van der Waals surface area contributed by atoms with E-state index in [0.717, 1.165) is 24.0 Å². The van der Waals surface area contributed by atoms with Gasteiger partial charge >= 0.3 is 0 Å². The number of amides is 1. The second-order valence-electron chi connectivity index (χ2n) is 6.52. The molecule has 7 heteroatoms. The first-order valence-electron chi connectivity index (χ1n) is 8.66. The third-order valence-corrected chi connectivity index (χ3v) is 6.43. The van der Waals surface area contributed by atoms with E-state index < -0.39 is 0 Å². The summed E-state index contributed by atoms with van der Waals surface area (Å²) in [5.74, 6) is 0.689. The summed E-state index contributed by atoms with van der Waals surface area (Å²) >= 11 is 3.22. The van der Waals surface area contributed by atoms with Gasteiger partial charge in [0.1, 0.15) is 10.7 Å². The zero-order chi connectivity index (χ0) is 17.6. The molecule has 0 aliphatic carbocycles. The molecular formula is C18H25N3O2S2. The van der Waals surface area contributed by atoms with Gasteiger partial charge in [-0.15, -0.1) is 22.7 Å². The number of thiophene rings is 1. The number of thiazole rings is 1. The van der Waals surface area contributed by atoms with Crippen LogP contribution in [0, 0.1) is 5.92 Å². The van der Waals surface area contributed by atoms with Crippen molar-refractivity contribution in [3.63, 3.8) is 0 Å². The lowest BCUT2D eigenvalue weighted by molar-refractivity contribution is 0.0910. The standard InChI is InChI=1S/C18H25N3O2S2/c1-13-5-7-21(8-6-13)15(16-4-3-9-24-16)10-19-18(22)14-12-25-17(20-14)11-23-2/h3-4,9,12-13,15H,5-8,10-11H2,1-2H3,(H,19,22). The lowest BCUT2D eigenvalue weighted by Crippen LogP contribution is -2.41. The van der Waals surface area contributed by atoms with E-state index in [9.17, 15) is 4.79 Å². The van der Waals surface area contributed by atoms with Crippen LogP contribution in [0.3, 0.4) is 0 Å². The van der Waals surface area contributed by atoms with Crippen molar-refractivity contribution in [2.24, 2.45) is 5.92 Å². The minimum atomic E-state index is -0.106. The number of methoxy groups -OCH3 is 1. The monoisotopic (exact) mass is 379 g/mol. The van der Waals surface area contributed by atoms with Gasteiger partial charge in [-0.1, -0.05) is 13.0 Å². The second-order valence-corrected chi connectivity index (χ2v) is 8.44. The van der Waals surface area contributed by atoms with E-state index in [2.05, 4.69) is 39.6 Å². The molecule has 1 atom stereocenters. The predicted octanol–water partition coefficient (Wildman–Crippen LogP) is 3.55. The topological polar surface area (TPSA) is 54.5 Å². The minimum Gasteiger partial charge on any atom is -0.378 e. The molecular weight excluding hydrogens is 354 g/mol. The van der Waals surface area contributed by atoms with Gasteiger partial charge in [-0.25, -0.2) is 4.98 Å². The Morgan fingerprint density at radius 1 is 1.44 bits per heavy atom. The van der Waals surface area contributed by atoms with Crippen LogP contribution in [0.15, 0.2) is 22.9 Å². The van der Waals surface area contributed by atoms with Crippen molar-refractivity contribution in [3.05, 3.63) is 38.5 Å². The fourth-order valence-corrected chi connectivity index (χ4v) is 4.72. The van der Waals surface area contributed by atoms with E-state index in [1.807, 2.05) is 0 Å². The number of carbonyl (C=O) groups excluding carboxylic acids is 1. The van der Waals surface area contributed by atoms with Crippen LogP contribution in [-0.4, -0.2) is 42.5 Å². The van der Waals surface area contributed by atoms with Crippen molar-refractivity contribution in [1.82, 2.24) is 15.2 Å². The van der Waals surface area contributed by atoms with Gasteiger partial charge in [-0.05, 0) is 43.3 Å². The number of rotatable bonds is 7. The highest BCUT2D eigenvalue weighted by Gasteiger charge is 2.26. The zero-order valence-electron chi connectivity index (χ0n) is 14.7. The van der Waals surface area contributed by atoms with E-state index in [0.29, 0.717) is 18.8 Å². The first-order valence-corrected chi connectivity index (χ1v) is 10.4. The predicted molar refractivity (Wildman–Crippen MR) is 102 cm³/mol. The maximum atomic E-state index is 12.4. The number of hydrogen-bond acceptors (Lipinski definition) is 6. The Kier molecular flexibility index (Phi) is 6.58. The number of carbonyl (C=O) groups is 1. The van der Waals surface area contributed by atoms with E-state index >= 15 is 0 Å². The van der Waals surface area contributed by atoms with Crippen molar-refractivity contribution in [2.45, 2.75) is 32.4 Å². The van der Waals surface area contributed by atoms with Gasteiger partial charge in [0.15, 0.2) is 0 Å². The van der Waals surface area contributed by atoms with E-state index in [-0.39, 0.29) is 11.9 Å². The molecule has 0 aromatic carbocycles. The zero-order valence-corrected chi connectivity index (χ0v) is 16.4. The molecule has 2 aromatic heterocycles. The lowest BCUT2D eigenvalue weighted by Gasteiger charge is -2.36. The summed E-state index contributed by atoms with van der Waals surface area (Å²) in [6, 6.07) is 4.49. The summed E-state index contributed by atoms with van der Waals surface area (Å²) in [5, 5.41) is 7.81. The quantitative estimate of drug-likeness (QED) is 0.799. The normalized spacial score (nSPS) is 17.5. The van der Waals surface area contributed by atoms with E-state index in [1.54, 1.807) is 23.8 Å². The van der Waals surface area contributed by atoms with Crippen LogP contribution in [0.25, 0.3) is 0 Å². The van der Waals surface area contributed by atoms with Crippen molar-refractivity contribution in [1.29, 1.82) is 0 Å². The molecule has 1 saturated heterocycles. The summed E-state index contributed by atoms with van der Waals surface area (Å²) in [6.07, 6.45) is 2.45. The largest absolute Gasteiger partial charge is 0.378 e. The summed E-state index contributed by atoms with van der Waals surface area (Å²) < 4.78 is 5.07. The Labute approximate surface area is 157 Å². The second kappa shape index (κ2) is 8.89. The Morgan fingerprint density at radius 2 is 2.24 bits per heavy atom. The smallest absolute Gasteiger partial charge is 0.270 e. The number of piperidine rings is 1. The van der Waals surface area contributed by atoms with Crippen LogP contribution < -0.4 is 5.32 Å². The Balaban J connectivity index is 1.63. The maximum absolute atomic E-state index is 12.4. The molecule has 1 unspecified atom stereocenters. The fourth-order valence-electron chi connectivity index (χ4n) is 3.12. The Bertz CT molecular complexity index is 664. The minimum absolute atomic E-state index is 0.106. The van der Waals surface area contributed by atoms with Gasteiger partial charge in [-0.2, -0.15) is 0 Å². The van der Waals surface area contributed by atoms with Crippen molar-refractivity contribution < 1.29 is 9.53 Å². The first kappa shape index (κ1) is 18.5. The molecule has 3 rings (SSSR count). The SMILES string of the molecule is COCc1nc(C(=O)NCC(c2cccs2)N2CCC(C)CC2)cs1. The van der Waals surface area contributed by atoms with Gasteiger partial charge in [0.2, 0.25) is 0 Å². The molecule has 0 saturated carbocycles. The molecule has 0 radical (unpaired) electrons. The Morgan fingerprint density at radius 3 is 2.92 bits per heavy atom. The third kappa shape index (κ3) is 4.88. The van der Waals surface area contributed by atoms with E-state index in [1.165, 1.54) is 29.1 Å². The van der Waals surface area contributed by atoms with Crippen molar-refractivity contribution in [3.8, 4) is 0 Å². The molecule has 5 nitrogen and oxygen atoms in total. The van der Waals surface area contributed by atoms with Crippen LogP contribution in [0.2, 0.25) is 0 Å². The van der Waals surface area contributed by atoms with Gasteiger partial charge < -0.3 is 10.1 Å². The number of likely N-dealkylation sites (tertiary alicyclic amines) is 1. The lowest BCUT2D eigenvalue weighted by atomic mass is 9.97. The van der Waals surface area contributed by atoms with Crippen LogP contribution >= 0.6 is 22.7 Å². The highest BCUT2D eigenvalue weighted by atomic mass is 32.1. The number of nitrogens with one attached hydrogen (secondary N) is 1. The molecule has 136 valence electrons. The highest BCUT2D eigenvalue weighted by molar-refractivity contribution is 7.10. The number of nitrogens with zero attached hydrogens (tertiary/aromatic N) is 2. The molecule has 1 N–H and O–H groups in total. The number of hydrogen-bond donors (Lipinski definition) is 1. The van der Waals surface area contributed by atoms with Crippen LogP contribution in [0.5, 0.6) is 0 Å². The van der Waals surface area contributed by atoms with Gasteiger partial charge in [-0.3, -0.25) is 9.69 Å². The summed E-state index contributed by atoms with van der Waals surface area (Å²) in [5.41, 5.74) is 0.481. The molecule has 2 aromatic rings. The summed E-state index contributed by atoms with van der Waals surface area (Å²) in [6.45, 7) is 5.56. The molecule has 3 heterocycles. The Hall–Kier alpha value is -1.28. The number of ether oxygens (including phenoxy) is 1. The maximum Gasteiger partial charge on any atom is 0.270 e. The fraction of sp³-hybridized carbons (Fsp3) is 0.556. The molecule has 25 heavy (non-hydrogen) atoms. The summed E-state index contributed by atoms with van der Waals surface area (Å²) in [7, 11) is 1.63. The molecule has 1 fully saturated rings. The molecule has 1 aliphatic rings. The average molecular weight is 380 g/mol. The highest BCUT2D eigenvalue weighted by Crippen LogP contribution is 2.29. The molecule has 0 spiro atoms. The molecule has 0 bridgehead atoms. The van der Waals surface area contributed by atoms with Gasteiger partial charge in [0, 0.05) is 23.9 Å². The van der Waals surface area contributed by atoms with Gasteiger partial charge in [0.05, 0.1) is 12.6 Å². The van der Waals surface area contributed by atoms with Gasteiger partial charge in [0.25, 0.3) is 5.91 Å². The van der Waals surface area contributed by atoms with Crippen LogP contribution in [0.1, 0.15) is 46.2 Å². The third-order valence-electron chi connectivity index (χ3n) is 4.64. The first-order chi connectivity index (χ1) is 12.2. The number of aromatic nitrogens is 1. The average Bonchev–Trinajstić information content (AvgIpc) is 3.29. The molecule has 1 aliphatic heterocycles. The molecule has 1 amide bonds. The van der Waals surface area contributed by atoms with Crippen molar-refractivity contribution >= 4 is 28.6 Å². The van der Waals surface area contributed by atoms with Crippen LogP contribution in [0.4, 0.5) is 0 Å². The summed E-state index contributed by atoms with van der Waals surface area (Å²) in [4.78, 5) is 20.6.